The Morgan fingerprint density at radius 1 is 1.07 bits per heavy atom. The van der Waals surface area contributed by atoms with Crippen molar-refractivity contribution in [3.05, 3.63) is 48.5 Å². The van der Waals surface area contributed by atoms with E-state index < -0.39 is 6.10 Å². The van der Waals surface area contributed by atoms with E-state index in [1.165, 1.54) is 6.92 Å². The van der Waals surface area contributed by atoms with Gasteiger partial charge in [0.25, 0.3) is 5.91 Å². The number of nitrogens with zero attached hydrogens (tertiary/aromatic N) is 1. The topological polar surface area (TPSA) is 87.7 Å². The molecule has 3 amide bonds. The van der Waals surface area contributed by atoms with E-state index in [2.05, 4.69) is 10.6 Å². The Hall–Kier alpha value is -3.35. The van der Waals surface area contributed by atoms with Gasteiger partial charge >= 0.3 is 0 Å². The highest BCUT2D eigenvalue weighted by Crippen LogP contribution is 2.34. The van der Waals surface area contributed by atoms with Crippen molar-refractivity contribution >= 4 is 34.8 Å². The average Bonchev–Trinajstić information content (AvgIpc) is 2.66. The van der Waals surface area contributed by atoms with Crippen molar-refractivity contribution < 1.29 is 19.1 Å². The second-order valence-corrected chi connectivity index (χ2v) is 6.53. The second kappa shape index (κ2) is 8.56. The number of hydrogen-bond donors (Lipinski definition) is 2. The van der Waals surface area contributed by atoms with Crippen molar-refractivity contribution in [2.75, 3.05) is 22.1 Å². The van der Waals surface area contributed by atoms with Crippen molar-refractivity contribution in [2.45, 2.75) is 32.8 Å². The van der Waals surface area contributed by atoms with Crippen LogP contribution in [0.5, 0.6) is 5.75 Å². The first-order chi connectivity index (χ1) is 13.5. The molecule has 0 aromatic heterocycles. The number of hydrogen-bond acceptors (Lipinski definition) is 4. The van der Waals surface area contributed by atoms with E-state index in [1.54, 1.807) is 29.2 Å². The van der Waals surface area contributed by atoms with E-state index in [-0.39, 0.29) is 30.7 Å². The number of nitrogens with one attached hydrogen (secondary N) is 2. The Morgan fingerprint density at radius 2 is 1.79 bits per heavy atom. The van der Waals surface area contributed by atoms with Gasteiger partial charge in [-0.15, -0.1) is 0 Å². The number of carbonyl (C=O) groups excluding carboxylic acids is 3. The van der Waals surface area contributed by atoms with Crippen molar-refractivity contribution in [1.29, 1.82) is 0 Å². The smallest absolute Gasteiger partial charge is 0.268 e. The number of para-hydroxylation sites is 2. The van der Waals surface area contributed by atoms with Gasteiger partial charge in [0, 0.05) is 31.3 Å². The van der Waals surface area contributed by atoms with Crippen LogP contribution in [0.3, 0.4) is 0 Å². The van der Waals surface area contributed by atoms with Crippen molar-refractivity contribution in [2.24, 2.45) is 0 Å². The van der Waals surface area contributed by atoms with E-state index in [4.69, 9.17) is 4.74 Å². The lowest BCUT2D eigenvalue weighted by Crippen LogP contribution is -2.46. The molecule has 146 valence electrons. The lowest BCUT2D eigenvalue weighted by Gasteiger charge is -2.33. The zero-order valence-electron chi connectivity index (χ0n) is 15.9. The molecule has 1 aliphatic rings. The maximum atomic E-state index is 12.7. The number of rotatable bonds is 6. The van der Waals surface area contributed by atoms with Crippen molar-refractivity contribution in [3.63, 3.8) is 0 Å². The predicted molar refractivity (Wildman–Crippen MR) is 107 cm³/mol. The van der Waals surface area contributed by atoms with E-state index in [9.17, 15) is 14.4 Å². The third-order valence-electron chi connectivity index (χ3n) is 4.37. The summed E-state index contributed by atoms with van der Waals surface area (Å²) in [5.41, 5.74) is 1.86. The molecule has 7 nitrogen and oxygen atoms in total. The molecule has 2 N–H and O–H groups in total. The Kier molecular flexibility index (Phi) is 5.93. The molecule has 2 aromatic rings. The highest BCUT2D eigenvalue weighted by atomic mass is 16.5. The minimum Gasteiger partial charge on any atom is -0.478 e. The number of carbonyl (C=O) groups is 3. The number of anilines is 3. The Balaban J connectivity index is 1.65. The van der Waals surface area contributed by atoms with E-state index in [0.29, 0.717) is 29.2 Å². The molecule has 1 atom stereocenters. The molecule has 0 radical (unpaired) electrons. The fourth-order valence-corrected chi connectivity index (χ4v) is 3.08. The summed E-state index contributed by atoms with van der Waals surface area (Å²) in [5.74, 6) is 0.113. The van der Waals surface area contributed by atoms with E-state index >= 15 is 0 Å². The molecular formula is C21H23N3O4. The molecule has 7 heteroatoms. The van der Waals surface area contributed by atoms with Gasteiger partial charge in [-0.2, -0.15) is 0 Å². The predicted octanol–water partition coefficient (Wildman–Crippen LogP) is 3.18. The molecular weight excluding hydrogens is 358 g/mol. The van der Waals surface area contributed by atoms with Gasteiger partial charge in [-0.3, -0.25) is 14.4 Å². The zero-order valence-corrected chi connectivity index (χ0v) is 15.9. The standard InChI is InChI=1S/C21H23N3O4/c1-3-18-21(27)24(17-9-4-5-10-19(17)28-18)12-11-20(26)23-16-8-6-7-15(13-16)22-14(2)25/h4-10,13,18H,3,11-12H2,1-2H3,(H,22,25)(H,23,26). The van der Waals surface area contributed by atoms with Crippen LogP contribution in [0.2, 0.25) is 0 Å². The van der Waals surface area contributed by atoms with Gasteiger partial charge in [-0.05, 0) is 36.8 Å². The SMILES string of the molecule is CCC1Oc2ccccc2N(CCC(=O)Nc2cccc(NC(C)=O)c2)C1=O. The maximum Gasteiger partial charge on any atom is 0.268 e. The largest absolute Gasteiger partial charge is 0.478 e. The van der Waals surface area contributed by atoms with Gasteiger partial charge < -0.3 is 20.3 Å². The number of fused-ring (bicyclic) bond motifs is 1. The first-order valence-electron chi connectivity index (χ1n) is 9.22. The third-order valence-corrected chi connectivity index (χ3v) is 4.37. The van der Waals surface area contributed by atoms with Crippen LogP contribution >= 0.6 is 0 Å². The molecule has 0 saturated carbocycles. The van der Waals surface area contributed by atoms with Crippen LogP contribution in [0, 0.1) is 0 Å². The van der Waals surface area contributed by atoms with Gasteiger partial charge in [0.1, 0.15) is 5.75 Å². The van der Waals surface area contributed by atoms with Gasteiger partial charge in [-0.1, -0.05) is 25.1 Å². The van der Waals surface area contributed by atoms with Gasteiger partial charge in [0.15, 0.2) is 6.10 Å². The fourth-order valence-electron chi connectivity index (χ4n) is 3.08. The highest BCUT2D eigenvalue weighted by molar-refractivity contribution is 6.01. The molecule has 1 heterocycles. The van der Waals surface area contributed by atoms with Crippen LogP contribution < -0.4 is 20.3 Å². The second-order valence-electron chi connectivity index (χ2n) is 6.53. The van der Waals surface area contributed by atoms with Gasteiger partial charge in [-0.25, -0.2) is 0 Å². The van der Waals surface area contributed by atoms with Crippen LogP contribution in [-0.4, -0.2) is 30.4 Å². The molecule has 1 aliphatic heterocycles. The van der Waals surface area contributed by atoms with Gasteiger partial charge in [0.2, 0.25) is 11.8 Å². The van der Waals surface area contributed by atoms with E-state index in [1.807, 2.05) is 31.2 Å². The summed E-state index contributed by atoms with van der Waals surface area (Å²) < 4.78 is 5.74. The molecule has 0 bridgehead atoms. The average molecular weight is 381 g/mol. The van der Waals surface area contributed by atoms with Crippen LogP contribution in [-0.2, 0) is 14.4 Å². The summed E-state index contributed by atoms with van der Waals surface area (Å²) in [6.45, 7) is 3.57. The summed E-state index contributed by atoms with van der Waals surface area (Å²) in [6.07, 6.45) is 0.166. The van der Waals surface area contributed by atoms with Crippen LogP contribution in [0.15, 0.2) is 48.5 Å². The highest BCUT2D eigenvalue weighted by Gasteiger charge is 2.33. The Labute approximate surface area is 163 Å². The summed E-state index contributed by atoms with van der Waals surface area (Å²) in [5, 5.41) is 5.47. The molecule has 1 unspecified atom stereocenters. The lowest BCUT2D eigenvalue weighted by molar-refractivity contribution is -0.126. The Morgan fingerprint density at radius 3 is 2.50 bits per heavy atom. The number of amides is 3. The first-order valence-corrected chi connectivity index (χ1v) is 9.22. The zero-order chi connectivity index (χ0) is 20.1. The monoisotopic (exact) mass is 381 g/mol. The van der Waals surface area contributed by atoms with Crippen LogP contribution in [0.1, 0.15) is 26.7 Å². The van der Waals surface area contributed by atoms with Crippen molar-refractivity contribution in [1.82, 2.24) is 0 Å². The molecule has 3 rings (SSSR count). The number of benzene rings is 2. The maximum absolute atomic E-state index is 12.7. The fraction of sp³-hybridized carbons (Fsp3) is 0.286. The van der Waals surface area contributed by atoms with Gasteiger partial charge in [0.05, 0.1) is 5.69 Å². The van der Waals surface area contributed by atoms with Crippen LogP contribution in [0.25, 0.3) is 0 Å². The van der Waals surface area contributed by atoms with Crippen molar-refractivity contribution in [3.8, 4) is 5.75 Å². The summed E-state index contributed by atoms with van der Waals surface area (Å²) in [4.78, 5) is 37.8. The molecule has 0 spiro atoms. The summed E-state index contributed by atoms with van der Waals surface area (Å²) in [6, 6.07) is 14.2. The Bertz CT molecular complexity index is 897. The van der Waals surface area contributed by atoms with E-state index in [0.717, 1.165) is 0 Å². The number of ether oxygens (including phenoxy) is 1. The molecule has 28 heavy (non-hydrogen) atoms. The molecule has 0 saturated heterocycles. The quantitative estimate of drug-likeness (QED) is 0.804. The summed E-state index contributed by atoms with van der Waals surface area (Å²) in [7, 11) is 0. The molecule has 2 aromatic carbocycles. The normalized spacial score (nSPS) is 15.4. The molecule has 0 aliphatic carbocycles. The molecule has 0 fully saturated rings. The summed E-state index contributed by atoms with van der Waals surface area (Å²) >= 11 is 0. The van der Waals surface area contributed by atoms with Crippen LogP contribution in [0.4, 0.5) is 17.1 Å². The third kappa shape index (κ3) is 4.49. The first kappa shape index (κ1) is 19.4. The minimum absolute atomic E-state index is 0.137. The minimum atomic E-state index is -0.535. The lowest BCUT2D eigenvalue weighted by atomic mass is 10.1.